The van der Waals surface area contributed by atoms with Crippen molar-refractivity contribution in [3.05, 3.63) is 35.3 Å². The summed E-state index contributed by atoms with van der Waals surface area (Å²) in [5.74, 6) is 0.260. The van der Waals surface area contributed by atoms with Crippen LogP contribution in [0, 0.1) is 13.8 Å². The highest BCUT2D eigenvalue weighted by Gasteiger charge is 2.18. The summed E-state index contributed by atoms with van der Waals surface area (Å²) in [7, 11) is 0. The van der Waals surface area contributed by atoms with E-state index in [2.05, 4.69) is 15.2 Å². The van der Waals surface area contributed by atoms with Crippen molar-refractivity contribution in [2.75, 3.05) is 6.61 Å². The Morgan fingerprint density at radius 3 is 2.81 bits per heavy atom. The van der Waals surface area contributed by atoms with E-state index >= 15 is 0 Å². The Morgan fingerprint density at radius 1 is 1.33 bits per heavy atom. The van der Waals surface area contributed by atoms with Crippen LogP contribution in [0.1, 0.15) is 28.7 Å². The highest BCUT2D eigenvalue weighted by Crippen LogP contribution is 2.21. The Balaban J connectivity index is 2.17. The quantitative estimate of drug-likeness (QED) is 0.686. The fraction of sp³-hybridized carbons (Fsp3) is 0.286. The molecule has 3 rings (SSSR count). The van der Waals surface area contributed by atoms with Gasteiger partial charge in [0, 0.05) is 11.8 Å². The number of carbonyl (C=O) groups is 1. The van der Waals surface area contributed by atoms with Crippen LogP contribution >= 0.6 is 0 Å². The number of fused-ring (bicyclic) bond motifs is 1. The molecule has 0 amide bonds. The molecule has 0 bridgehead atoms. The standard InChI is InChI=1S/C14H14N4O3/c1-4-20-14(19)10-7-15-18-8(2)5-11(16-13(10)18)12-6-9(3)21-17-12/h5-7H,4H2,1-3H3. The van der Waals surface area contributed by atoms with Crippen molar-refractivity contribution in [2.24, 2.45) is 0 Å². The average Bonchev–Trinajstić information content (AvgIpc) is 3.05. The minimum absolute atomic E-state index is 0.303. The lowest BCUT2D eigenvalue weighted by molar-refractivity contribution is 0.0528. The molecular weight excluding hydrogens is 272 g/mol. The molecule has 0 fully saturated rings. The molecule has 0 unspecified atom stereocenters. The number of aryl methyl sites for hydroxylation is 2. The Kier molecular flexibility index (Phi) is 3.17. The number of rotatable bonds is 3. The lowest BCUT2D eigenvalue weighted by Crippen LogP contribution is -2.06. The third-order valence-electron chi connectivity index (χ3n) is 3.04. The SMILES string of the molecule is CCOC(=O)c1cnn2c(C)cc(-c3cc(C)on3)nc12. The molecule has 0 saturated carbocycles. The van der Waals surface area contributed by atoms with Gasteiger partial charge in [-0.3, -0.25) is 0 Å². The number of aromatic nitrogens is 4. The van der Waals surface area contributed by atoms with Crippen LogP contribution < -0.4 is 0 Å². The largest absolute Gasteiger partial charge is 0.462 e. The van der Waals surface area contributed by atoms with Gasteiger partial charge in [-0.15, -0.1) is 0 Å². The van der Waals surface area contributed by atoms with E-state index in [1.165, 1.54) is 6.20 Å². The first-order chi connectivity index (χ1) is 10.1. The number of esters is 1. The maximum Gasteiger partial charge on any atom is 0.343 e. The fourth-order valence-corrected chi connectivity index (χ4v) is 2.08. The first-order valence-electron chi connectivity index (χ1n) is 6.56. The fourth-order valence-electron chi connectivity index (χ4n) is 2.08. The summed E-state index contributed by atoms with van der Waals surface area (Å²) >= 11 is 0. The summed E-state index contributed by atoms with van der Waals surface area (Å²) in [5.41, 5.74) is 2.87. The Morgan fingerprint density at radius 2 is 2.14 bits per heavy atom. The van der Waals surface area contributed by atoms with E-state index in [0.717, 1.165) is 5.69 Å². The molecule has 108 valence electrons. The monoisotopic (exact) mass is 286 g/mol. The van der Waals surface area contributed by atoms with Gasteiger partial charge in [0.15, 0.2) is 5.65 Å². The molecule has 7 heteroatoms. The van der Waals surface area contributed by atoms with Gasteiger partial charge in [-0.25, -0.2) is 14.3 Å². The summed E-state index contributed by atoms with van der Waals surface area (Å²) in [6.07, 6.45) is 1.46. The molecule has 0 radical (unpaired) electrons. The maximum absolute atomic E-state index is 11.9. The molecule has 0 aromatic carbocycles. The number of hydrogen-bond acceptors (Lipinski definition) is 6. The van der Waals surface area contributed by atoms with E-state index < -0.39 is 5.97 Å². The summed E-state index contributed by atoms with van der Waals surface area (Å²) in [5, 5.41) is 8.12. The van der Waals surface area contributed by atoms with Crippen LogP contribution in [0.25, 0.3) is 17.0 Å². The average molecular weight is 286 g/mol. The van der Waals surface area contributed by atoms with Gasteiger partial charge in [0.1, 0.15) is 17.0 Å². The van der Waals surface area contributed by atoms with E-state index in [-0.39, 0.29) is 0 Å². The van der Waals surface area contributed by atoms with Crippen molar-refractivity contribution in [3.63, 3.8) is 0 Å². The topological polar surface area (TPSA) is 82.5 Å². The van der Waals surface area contributed by atoms with Gasteiger partial charge in [-0.05, 0) is 26.8 Å². The minimum atomic E-state index is -0.437. The summed E-state index contributed by atoms with van der Waals surface area (Å²) in [6, 6.07) is 3.63. The Bertz CT molecular complexity index is 819. The van der Waals surface area contributed by atoms with Crippen LogP contribution in [0.2, 0.25) is 0 Å². The second kappa shape index (κ2) is 5.01. The van der Waals surface area contributed by atoms with Crippen molar-refractivity contribution >= 4 is 11.6 Å². The van der Waals surface area contributed by atoms with Gasteiger partial charge in [-0.1, -0.05) is 5.16 Å². The molecule has 0 aliphatic rings. The molecule has 3 aromatic rings. The van der Waals surface area contributed by atoms with Crippen LogP contribution in [-0.4, -0.2) is 32.3 Å². The van der Waals surface area contributed by atoms with Crippen molar-refractivity contribution in [3.8, 4) is 11.4 Å². The summed E-state index contributed by atoms with van der Waals surface area (Å²) in [4.78, 5) is 16.4. The first-order valence-corrected chi connectivity index (χ1v) is 6.56. The zero-order valence-corrected chi connectivity index (χ0v) is 12.0. The zero-order valence-electron chi connectivity index (χ0n) is 12.0. The molecule has 21 heavy (non-hydrogen) atoms. The van der Waals surface area contributed by atoms with Crippen LogP contribution in [0.3, 0.4) is 0 Å². The Labute approximate surface area is 120 Å². The normalized spacial score (nSPS) is 11.0. The van der Waals surface area contributed by atoms with Crippen LogP contribution in [0.15, 0.2) is 22.9 Å². The van der Waals surface area contributed by atoms with E-state index in [1.807, 2.05) is 19.9 Å². The molecular formula is C14H14N4O3. The third-order valence-corrected chi connectivity index (χ3v) is 3.04. The van der Waals surface area contributed by atoms with E-state index in [4.69, 9.17) is 9.26 Å². The van der Waals surface area contributed by atoms with E-state index in [0.29, 0.717) is 35.0 Å². The lowest BCUT2D eigenvalue weighted by Gasteiger charge is -2.03. The van der Waals surface area contributed by atoms with Gasteiger partial charge in [0.25, 0.3) is 0 Å². The van der Waals surface area contributed by atoms with Gasteiger partial charge in [-0.2, -0.15) is 5.10 Å². The van der Waals surface area contributed by atoms with Gasteiger partial charge in [0.05, 0.1) is 18.5 Å². The molecule has 3 aromatic heterocycles. The van der Waals surface area contributed by atoms with Gasteiger partial charge >= 0.3 is 5.97 Å². The van der Waals surface area contributed by atoms with Crippen LogP contribution in [-0.2, 0) is 4.74 Å². The lowest BCUT2D eigenvalue weighted by atomic mass is 10.2. The molecule has 0 atom stereocenters. The smallest absolute Gasteiger partial charge is 0.343 e. The van der Waals surface area contributed by atoms with Crippen molar-refractivity contribution in [1.29, 1.82) is 0 Å². The molecule has 0 spiro atoms. The van der Waals surface area contributed by atoms with Crippen LogP contribution in [0.4, 0.5) is 0 Å². The minimum Gasteiger partial charge on any atom is -0.462 e. The van der Waals surface area contributed by atoms with Crippen molar-refractivity contribution in [2.45, 2.75) is 20.8 Å². The van der Waals surface area contributed by atoms with E-state index in [9.17, 15) is 4.79 Å². The molecule has 0 aliphatic carbocycles. The molecule has 0 N–H and O–H groups in total. The molecule has 0 saturated heterocycles. The van der Waals surface area contributed by atoms with Gasteiger partial charge in [0.2, 0.25) is 0 Å². The summed E-state index contributed by atoms with van der Waals surface area (Å²) in [6.45, 7) is 5.75. The maximum atomic E-state index is 11.9. The number of carbonyl (C=O) groups excluding carboxylic acids is 1. The molecule has 0 aliphatic heterocycles. The third kappa shape index (κ3) is 2.26. The molecule has 3 heterocycles. The second-order valence-corrected chi connectivity index (χ2v) is 4.62. The first kappa shape index (κ1) is 13.3. The highest BCUT2D eigenvalue weighted by atomic mass is 16.5. The molecule has 7 nitrogen and oxygen atoms in total. The Hall–Kier alpha value is -2.70. The van der Waals surface area contributed by atoms with Gasteiger partial charge < -0.3 is 9.26 Å². The van der Waals surface area contributed by atoms with E-state index in [1.54, 1.807) is 17.5 Å². The highest BCUT2D eigenvalue weighted by molar-refractivity contribution is 5.95. The van der Waals surface area contributed by atoms with Crippen molar-refractivity contribution < 1.29 is 14.1 Å². The second-order valence-electron chi connectivity index (χ2n) is 4.62. The predicted octanol–water partition coefficient (Wildman–Crippen LogP) is 2.18. The summed E-state index contributed by atoms with van der Waals surface area (Å²) < 4.78 is 11.7. The number of hydrogen-bond donors (Lipinski definition) is 0. The van der Waals surface area contributed by atoms with Crippen LogP contribution in [0.5, 0.6) is 0 Å². The number of ether oxygens (including phenoxy) is 1. The van der Waals surface area contributed by atoms with Crippen molar-refractivity contribution in [1.82, 2.24) is 19.8 Å². The number of nitrogens with zero attached hydrogens (tertiary/aromatic N) is 4. The zero-order chi connectivity index (χ0) is 15.0. The predicted molar refractivity (Wildman–Crippen MR) is 73.9 cm³/mol.